The lowest BCUT2D eigenvalue weighted by molar-refractivity contribution is -0.128. The standard InChI is InChI=1S/C16H23N3O2S/c1-16(2,3)14(21)18-15(22)17-12-8-6-11(7-9-12)10-13(20)19(4)5/h6-9H,10H2,1-5H3,(H2,17,18,21,22). The van der Waals surface area contributed by atoms with Crippen LogP contribution in [0.5, 0.6) is 0 Å². The van der Waals surface area contributed by atoms with Crippen LogP contribution in [0.3, 0.4) is 0 Å². The molecule has 22 heavy (non-hydrogen) atoms. The Morgan fingerprint density at radius 3 is 2.14 bits per heavy atom. The monoisotopic (exact) mass is 321 g/mol. The molecule has 1 aromatic carbocycles. The van der Waals surface area contributed by atoms with Gasteiger partial charge in [0.2, 0.25) is 11.8 Å². The van der Waals surface area contributed by atoms with Crippen LogP contribution in [0.15, 0.2) is 24.3 Å². The fourth-order valence-electron chi connectivity index (χ4n) is 1.49. The summed E-state index contributed by atoms with van der Waals surface area (Å²) in [7, 11) is 3.46. The average Bonchev–Trinajstić information content (AvgIpc) is 2.39. The van der Waals surface area contributed by atoms with E-state index in [9.17, 15) is 9.59 Å². The van der Waals surface area contributed by atoms with Gasteiger partial charge in [-0.3, -0.25) is 9.59 Å². The Morgan fingerprint density at radius 2 is 1.68 bits per heavy atom. The summed E-state index contributed by atoms with van der Waals surface area (Å²) in [5.41, 5.74) is 1.19. The molecule has 2 amide bonds. The van der Waals surface area contributed by atoms with Gasteiger partial charge < -0.3 is 15.5 Å². The first-order valence-corrected chi connectivity index (χ1v) is 7.42. The van der Waals surface area contributed by atoms with Crippen molar-refractivity contribution in [3.63, 3.8) is 0 Å². The first kappa shape index (κ1) is 18.1. The van der Waals surface area contributed by atoms with Crippen molar-refractivity contribution in [2.24, 2.45) is 5.41 Å². The molecule has 120 valence electrons. The van der Waals surface area contributed by atoms with E-state index in [2.05, 4.69) is 10.6 Å². The number of amides is 2. The van der Waals surface area contributed by atoms with E-state index in [1.807, 2.05) is 45.0 Å². The van der Waals surface area contributed by atoms with E-state index in [4.69, 9.17) is 12.2 Å². The maximum Gasteiger partial charge on any atom is 0.231 e. The van der Waals surface area contributed by atoms with Crippen LogP contribution in [-0.4, -0.2) is 35.9 Å². The molecule has 0 aliphatic heterocycles. The van der Waals surface area contributed by atoms with E-state index in [-0.39, 0.29) is 16.9 Å². The molecule has 0 aromatic heterocycles. The maximum absolute atomic E-state index is 11.8. The number of rotatable bonds is 3. The first-order chi connectivity index (χ1) is 10.1. The highest BCUT2D eigenvalue weighted by Gasteiger charge is 2.21. The quantitative estimate of drug-likeness (QED) is 0.838. The molecule has 0 saturated carbocycles. The summed E-state index contributed by atoms with van der Waals surface area (Å²) in [6.45, 7) is 5.46. The third kappa shape index (κ3) is 5.81. The number of carbonyl (C=O) groups is 2. The molecule has 0 atom stereocenters. The van der Waals surface area contributed by atoms with Gasteiger partial charge in [-0.05, 0) is 29.9 Å². The van der Waals surface area contributed by atoms with E-state index >= 15 is 0 Å². The molecular formula is C16H23N3O2S. The number of hydrogen-bond donors (Lipinski definition) is 2. The lowest BCUT2D eigenvalue weighted by atomic mass is 9.96. The molecule has 2 N–H and O–H groups in total. The Labute approximate surface area is 137 Å². The molecule has 5 nitrogen and oxygen atoms in total. The Bertz CT molecular complexity index is 560. The lowest BCUT2D eigenvalue weighted by Gasteiger charge is -2.18. The van der Waals surface area contributed by atoms with E-state index < -0.39 is 5.41 Å². The second kappa shape index (κ2) is 7.35. The van der Waals surface area contributed by atoms with Crippen LogP contribution >= 0.6 is 12.2 Å². The van der Waals surface area contributed by atoms with Crippen LogP contribution in [0.25, 0.3) is 0 Å². The van der Waals surface area contributed by atoms with Crippen LogP contribution in [0.2, 0.25) is 0 Å². The van der Waals surface area contributed by atoms with Gasteiger partial charge in [0.15, 0.2) is 5.11 Å². The zero-order chi connectivity index (χ0) is 16.9. The van der Waals surface area contributed by atoms with Crippen molar-refractivity contribution in [3.05, 3.63) is 29.8 Å². The molecule has 1 rings (SSSR count). The lowest BCUT2D eigenvalue weighted by Crippen LogP contribution is -2.41. The smallest absolute Gasteiger partial charge is 0.231 e. The van der Waals surface area contributed by atoms with Gasteiger partial charge in [0, 0.05) is 25.2 Å². The van der Waals surface area contributed by atoms with E-state index in [1.165, 1.54) is 0 Å². The molecule has 0 heterocycles. The summed E-state index contributed by atoms with van der Waals surface area (Å²) < 4.78 is 0. The highest BCUT2D eigenvalue weighted by Crippen LogP contribution is 2.13. The van der Waals surface area contributed by atoms with Crippen molar-refractivity contribution in [1.29, 1.82) is 0 Å². The molecule has 0 bridgehead atoms. The molecule has 6 heteroatoms. The number of nitrogens with zero attached hydrogens (tertiary/aromatic N) is 1. The van der Waals surface area contributed by atoms with Gasteiger partial charge in [0.25, 0.3) is 0 Å². The Kier molecular flexibility index (Phi) is 6.05. The molecule has 0 aliphatic rings. The number of anilines is 1. The third-order valence-corrected chi connectivity index (χ3v) is 3.18. The van der Waals surface area contributed by atoms with Crippen molar-refractivity contribution in [1.82, 2.24) is 10.2 Å². The Balaban J connectivity index is 2.59. The summed E-state index contributed by atoms with van der Waals surface area (Å²) in [6.07, 6.45) is 0.360. The fraction of sp³-hybridized carbons (Fsp3) is 0.438. The zero-order valence-corrected chi connectivity index (χ0v) is 14.5. The molecule has 0 fully saturated rings. The molecule has 0 saturated heterocycles. The highest BCUT2D eigenvalue weighted by molar-refractivity contribution is 7.80. The van der Waals surface area contributed by atoms with Crippen LogP contribution in [0.4, 0.5) is 5.69 Å². The van der Waals surface area contributed by atoms with Crippen molar-refractivity contribution in [3.8, 4) is 0 Å². The first-order valence-electron chi connectivity index (χ1n) is 7.01. The fourth-order valence-corrected chi connectivity index (χ4v) is 1.70. The number of hydrogen-bond acceptors (Lipinski definition) is 3. The van der Waals surface area contributed by atoms with Crippen LogP contribution in [-0.2, 0) is 16.0 Å². The van der Waals surface area contributed by atoms with Crippen LogP contribution in [0, 0.1) is 5.41 Å². The summed E-state index contributed by atoms with van der Waals surface area (Å²) in [5.74, 6) is -0.0909. The van der Waals surface area contributed by atoms with Crippen molar-refractivity contribution in [2.45, 2.75) is 27.2 Å². The second-order valence-electron chi connectivity index (χ2n) is 6.32. The Hall–Kier alpha value is -1.95. The van der Waals surface area contributed by atoms with Gasteiger partial charge in [-0.1, -0.05) is 32.9 Å². The van der Waals surface area contributed by atoms with E-state index in [0.717, 1.165) is 11.3 Å². The minimum absolute atomic E-state index is 0.0497. The summed E-state index contributed by atoms with van der Waals surface area (Å²) in [6, 6.07) is 7.37. The number of benzene rings is 1. The van der Waals surface area contributed by atoms with Crippen molar-refractivity contribution < 1.29 is 9.59 Å². The van der Waals surface area contributed by atoms with Gasteiger partial charge in [-0.2, -0.15) is 0 Å². The van der Waals surface area contributed by atoms with E-state index in [1.54, 1.807) is 19.0 Å². The number of nitrogens with one attached hydrogen (secondary N) is 2. The highest BCUT2D eigenvalue weighted by atomic mass is 32.1. The van der Waals surface area contributed by atoms with Gasteiger partial charge in [0.05, 0.1) is 6.42 Å². The van der Waals surface area contributed by atoms with Crippen molar-refractivity contribution in [2.75, 3.05) is 19.4 Å². The normalized spacial score (nSPS) is 10.8. The zero-order valence-electron chi connectivity index (χ0n) is 13.7. The van der Waals surface area contributed by atoms with Crippen molar-refractivity contribution >= 4 is 34.8 Å². The summed E-state index contributed by atoms with van der Waals surface area (Å²) in [5, 5.41) is 5.86. The maximum atomic E-state index is 11.8. The molecule has 0 aliphatic carbocycles. The predicted molar refractivity (Wildman–Crippen MR) is 92.7 cm³/mol. The second-order valence-corrected chi connectivity index (χ2v) is 6.73. The predicted octanol–water partition coefficient (Wildman–Crippen LogP) is 2.18. The topological polar surface area (TPSA) is 61.4 Å². The number of likely N-dealkylation sites (N-methyl/N-ethyl adjacent to an activating group) is 1. The van der Waals surface area contributed by atoms with Crippen LogP contribution in [0.1, 0.15) is 26.3 Å². The number of thiocarbonyl (C=S) groups is 1. The van der Waals surface area contributed by atoms with Gasteiger partial charge in [0.1, 0.15) is 0 Å². The summed E-state index contributed by atoms with van der Waals surface area (Å²) >= 11 is 5.11. The average molecular weight is 321 g/mol. The van der Waals surface area contributed by atoms with Gasteiger partial charge in [-0.25, -0.2) is 0 Å². The molecular weight excluding hydrogens is 298 g/mol. The Morgan fingerprint density at radius 1 is 1.14 bits per heavy atom. The minimum Gasteiger partial charge on any atom is -0.349 e. The van der Waals surface area contributed by atoms with Gasteiger partial charge >= 0.3 is 0 Å². The summed E-state index contributed by atoms with van der Waals surface area (Å²) in [4.78, 5) is 25.0. The largest absolute Gasteiger partial charge is 0.349 e. The molecule has 1 aromatic rings. The molecule has 0 spiro atoms. The number of carbonyl (C=O) groups excluding carboxylic acids is 2. The van der Waals surface area contributed by atoms with E-state index in [0.29, 0.717) is 6.42 Å². The minimum atomic E-state index is -0.498. The van der Waals surface area contributed by atoms with Crippen LogP contribution < -0.4 is 10.6 Å². The third-order valence-electron chi connectivity index (χ3n) is 2.97. The van der Waals surface area contributed by atoms with Gasteiger partial charge in [-0.15, -0.1) is 0 Å². The SMILES string of the molecule is CN(C)C(=O)Cc1ccc(NC(=S)NC(=O)C(C)(C)C)cc1. The molecule has 0 radical (unpaired) electrons. The molecule has 0 unspecified atom stereocenters.